The number of hydrogen-bond donors (Lipinski definition) is 3. The molecule has 0 bridgehead atoms. The lowest BCUT2D eigenvalue weighted by atomic mass is 10.1. The molecule has 20 heavy (non-hydrogen) atoms. The third-order valence-electron chi connectivity index (χ3n) is 3.87. The number of carbonyl (C=O) groups excluding carboxylic acids is 1. The molecule has 1 aromatic rings. The zero-order chi connectivity index (χ0) is 14.5. The second kappa shape index (κ2) is 6.72. The zero-order valence-electron chi connectivity index (χ0n) is 11.9. The number of aliphatic hydroxyl groups is 1. The maximum absolute atomic E-state index is 12.0. The quantitative estimate of drug-likeness (QED) is 0.710. The molecular formula is C15H23N3O2. The normalized spacial score (nSPS) is 19.2. The Kier molecular flexibility index (Phi) is 4.98. The van der Waals surface area contributed by atoms with Gasteiger partial charge in [0.05, 0.1) is 6.61 Å². The Morgan fingerprint density at radius 1 is 1.55 bits per heavy atom. The number of nitrogen functional groups attached to an aromatic ring is 1. The summed E-state index contributed by atoms with van der Waals surface area (Å²) in [5.41, 5.74) is 8.14. The highest BCUT2D eigenvalue weighted by molar-refractivity contribution is 5.92. The van der Waals surface area contributed by atoms with E-state index >= 15 is 0 Å². The summed E-state index contributed by atoms with van der Waals surface area (Å²) in [5.74, 6) is -0.0118. The number of rotatable bonds is 5. The molecule has 0 aliphatic carbocycles. The molecule has 1 aromatic carbocycles. The molecule has 1 heterocycles. The molecule has 4 N–H and O–H groups in total. The molecule has 0 saturated carbocycles. The Morgan fingerprint density at radius 3 is 3.10 bits per heavy atom. The van der Waals surface area contributed by atoms with Gasteiger partial charge in [-0.05, 0) is 44.0 Å². The smallest absolute Gasteiger partial charge is 0.225 e. The van der Waals surface area contributed by atoms with Crippen LogP contribution in [0.3, 0.4) is 0 Å². The van der Waals surface area contributed by atoms with E-state index in [4.69, 9.17) is 5.73 Å². The lowest BCUT2D eigenvalue weighted by Gasteiger charge is -2.22. The summed E-state index contributed by atoms with van der Waals surface area (Å²) in [5, 5.41) is 12.1. The Morgan fingerprint density at radius 2 is 2.35 bits per heavy atom. The van der Waals surface area contributed by atoms with E-state index in [1.54, 1.807) is 6.07 Å². The second-order valence-corrected chi connectivity index (χ2v) is 5.39. The Hall–Kier alpha value is -1.59. The molecule has 1 unspecified atom stereocenters. The molecule has 1 fully saturated rings. The van der Waals surface area contributed by atoms with E-state index in [-0.39, 0.29) is 18.6 Å². The summed E-state index contributed by atoms with van der Waals surface area (Å²) in [6, 6.07) is 5.71. The van der Waals surface area contributed by atoms with Crippen molar-refractivity contribution in [2.24, 2.45) is 0 Å². The fraction of sp³-hybridized carbons (Fsp3) is 0.533. The van der Waals surface area contributed by atoms with E-state index in [9.17, 15) is 9.90 Å². The van der Waals surface area contributed by atoms with Gasteiger partial charge in [0.25, 0.3) is 0 Å². The van der Waals surface area contributed by atoms with Gasteiger partial charge in [-0.2, -0.15) is 0 Å². The van der Waals surface area contributed by atoms with Gasteiger partial charge >= 0.3 is 0 Å². The van der Waals surface area contributed by atoms with Crippen LogP contribution in [0.2, 0.25) is 0 Å². The van der Waals surface area contributed by atoms with E-state index < -0.39 is 0 Å². The first-order chi connectivity index (χ1) is 9.60. The van der Waals surface area contributed by atoms with Crippen molar-refractivity contribution < 1.29 is 9.90 Å². The van der Waals surface area contributed by atoms with E-state index in [1.165, 1.54) is 0 Å². The summed E-state index contributed by atoms with van der Waals surface area (Å²) in [6.45, 7) is 3.78. The number of aryl methyl sites for hydroxylation is 1. The van der Waals surface area contributed by atoms with Crippen LogP contribution < -0.4 is 11.1 Å². The van der Waals surface area contributed by atoms with Crippen molar-refractivity contribution in [2.75, 3.05) is 30.7 Å². The maximum atomic E-state index is 12.0. The lowest BCUT2D eigenvalue weighted by Crippen LogP contribution is -2.34. The molecule has 2 rings (SSSR count). The molecule has 5 nitrogen and oxygen atoms in total. The van der Waals surface area contributed by atoms with Crippen molar-refractivity contribution in [3.8, 4) is 0 Å². The van der Waals surface area contributed by atoms with Crippen LogP contribution >= 0.6 is 0 Å². The zero-order valence-corrected chi connectivity index (χ0v) is 11.9. The van der Waals surface area contributed by atoms with Crippen LogP contribution in [0.1, 0.15) is 24.8 Å². The number of hydrogen-bond acceptors (Lipinski definition) is 4. The fourth-order valence-corrected chi connectivity index (χ4v) is 2.63. The molecule has 1 saturated heterocycles. The van der Waals surface area contributed by atoms with Gasteiger partial charge in [0.2, 0.25) is 5.91 Å². The summed E-state index contributed by atoms with van der Waals surface area (Å²) < 4.78 is 0. The molecule has 0 radical (unpaired) electrons. The SMILES string of the molecule is Cc1ccc(N)cc1NC(=O)CCN1CCCC1CO. The summed E-state index contributed by atoms with van der Waals surface area (Å²) in [4.78, 5) is 14.2. The molecular weight excluding hydrogens is 254 g/mol. The van der Waals surface area contributed by atoms with E-state index in [1.807, 2.05) is 19.1 Å². The van der Waals surface area contributed by atoms with Crippen LogP contribution in [-0.2, 0) is 4.79 Å². The van der Waals surface area contributed by atoms with Gasteiger partial charge in [0.15, 0.2) is 0 Å². The highest BCUT2D eigenvalue weighted by atomic mass is 16.3. The third kappa shape index (κ3) is 3.71. The van der Waals surface area contributed by atoms with Gasteiger partial charge in [-0.3, -0.25) is 9.69 Å². The van der Waals surface area contributed by atoms with Gasteiger partial charge in [-0.25, -0.2) is 0 Å². The number of nitrogens with zero attached hydrogens (tertiary/aromatic N) is 1. The van der Waals surface area contributed by atoms with Crippen LogP contribution in [0.15, 0.2) is 18.2 Å². The number of anilines is 2. The maximum Gasteiger partial charge on any atom is 0.225 e. The van der Waals surface area contributed by atoms with E-state index in [0.29, 0.717) is 18.7 Å². The standard InChI is InChI=1S/C15H23N3O2/c1-11-4-5-12(16)9-14(11)17-15(20)6-8-18-7-2-3-13(18)10-19/h4-5,9,13,19H,2-3,6-8,10,16H2,1H3,(H,17,20). The van der Waals surface area contributed by atoms with Crippen LogP contribution in [-0.4, -0.2) is 41.7 Å². The minimum atomic E-state index is -0.0118. The monoisotopic (exact) mass is 277 g/mol. The van der Waals surface area contributed by atoms with Crippen molar-refractivity contribution in [3.05, 3.63) is 23.8 Å². The highest BCUT2D eigenvalue weighted by Crippen LogP contribution is 2.19. The number of benzene rings is 1. The van der Waals surface area contributed by atoms with Gasteiger partial charge in [-0.1, -0.05) is 6.07 Å². The summed E-state index contributed by atoms with van der Waals surface area (Å²) in [6.07, 6.45) is 2.55. The minimum absolute atomic E-state index is 0.0118. The van der Waals surface area contributed by atoms with Crippen molar-refractivity contribution in [3.63, 3.8) is 0 Å². The van der Waals surface area contributed by atoms with Crippen LogP contribution in [0.4, 0.5) is 11.4 Å². The predicted octanol–water partition coefficient (Wildman–Crippen LogP) is 1.36. The van der Waals surface area contributed by atoms with Gasteiger partial charge < -0.3 is 16.2 Å². The molecule has 0 aromatic heterocycles. The average Bonchev–Trinajstić information content (AvgIpc) is 2.88. The van der Waals surface area contributed by atoms with Crippen molar-refractivity contribution in [2.45, 2.75) is 32.2 Å². The number of nitrogens with two attached hydrogens (primary N) is 1. The second-order valence-electron chi connectivity index (χ2n) is 5.39. The van der Waals surface area contributed by atoms with Crippen LogP contribution in [0.25, 0.3) is 0 Å². The van der Waals surface area contributed by atoms with Crippen molar-refractivity contribution in [1.82, 2.24) is 4.90 Å². The summed E-state index contributed by atoms with van der Waals surface area (Å²) in [7, 11) is 0. The van der Waals surface area contributed by atoms with Gasteiger partial charge in [0, 0.05) is 30.4 Å². The Labute approximate surface area is 119 Å². The average molecular weight is 277 g/mol. The molecule has 1 amide bonds. The fourth-order valence-electron chi connectivity index (χ4n) is 2.63. The molecule has 0 spiro atoms. The lowest BCUT2D eigenvalue weighted by molar-refractivity contribution is -0.116. The topological polar surface area (TPSA) is 78.6 Å². The third-order valence-corrected chi connectivity index (χ3v) is 3.87. The molecule has 1 atom stereocenters. The number of carbonyl (C=O) groups is 1. The molecule has 1 aliphatic heterocycles. The van der Waals surface area contributed by atoms with Gasteiger partial charge in [-0.15, -0.1) is 0 Å². The predicted molar refractivity (Wildman–Crippen MR) is 80.5 cm³/mol. The van der Waals surface area contributed by atoms with E-state index in [2.05, 4.69) is 10.2 Å². The minimum Gasteiger partial charge on any atom is -0.399 e. The van der Waals surface area contributed by atoms with Crippen LogP contribution in [0, 0.1) is 6.92 Å². The molecule has 1 aliphatic rings. The molecule has 110 valence electrons. The number of nitrogens with one attached hydrogen (secondary N) is 1. The van der Waals surface area contributed by atoms with Gasteiger partial charge in [0.1, 0.15) is 0 Å². The van der Waals surface area contributed by atoms with Crippen molar-refractivity contribution in [1.29, 1.82) is 0 Å². The number of aliphatic hydroxyl groups excluding tert-OH is 1. The Balaban J connectivity index is 1.85. The highest BCUT2D eigenvalue weighted by Gasteiger charge is 2.23. The largest absolute Gasteiger partial charge is 0.399 e. The Bertz CT molecular complexity index is 476. The molecule has 5 heteroatoms. The first kappa shape index (κ1) is 14.8. The first-order valence-corrected chi connectivity index (χ1v) is 7.11. The number of likely N-dealkylation sites (tertiary alicyclic amines) is 1. The number of amides is 1. The first-order valence-electron chi connectivity index (χ1n) is 7.11. The van der Waals surface area contributed by atoms with Crippen molar-refractivity contribution >= 4 is 17.3 Å². The summed E-state index contributed by atoms with van der Waals surface area (Å²) >= 11 is 0. The van der Waals surface area contributed by atoms with E-state index in [0.717, 1.165) is 30.6 Å². The van der Waals surface area contributed by atoms with Crippen LogP contribution in [0.5, 0.6) is 0 Å².